The summed E-state index contributed by atoms with van der Waals surface area (Å²) in [6.45, 7) is 3.81. The molecule has 2 rings (SSSR count). The van der Waals surface area contributed by atoms with E-state index in [1.54, 1.807) is 24.3 Å². The highest BCUT2D eigenvalue weighted by molar-refractivity contribution is 9.10. The number of carbonyl (C=O) groups excluding carboxylic acids is 1. The van der Waals surface area contributed by atoms with Gasteiger partial charge in [-0.05, 0) is 65.2 Å². The molecule has 3 N–H and O–H groups in total. The van der Waals surface area contributed by atoms with Crippen molar-refractivity contribution in [1.82, 2.24) is 0 Å². The fourth-order valence-electron chi connectivity index (χ4n) is 2.16. The average molecular weight is 351 g/mol. The van der Waals surface area contributed by atoms with Gasteiger partial charge in [-0.15, -0.1) is 0 Å². The van der Waals surface area contributed by atoms with Crippen LogP contribution in [0.15, 0.2) is 40.9 Å². The molecule has 0 aliphatic heterocycles. The Hall–Kier alpha value is -1.88. The van der Waals surface area contributed by atoms with Crippen LogP contribution in [-0.4, -0.2) is 5.91 Å². The van der Waals surface area contributed by atoms with Gasteiger partial charge in [-0.3, -0.25) is 4.79 Å². The van der Waals surface area contributed by atoms with Gasteiger partial charge in [0.05, 0.1) is 4.47 Å². The Kier molecular flexibility index (Phi) is 4.63. The molecule has 0 aliphatic rings. The average Bonchev–Trinajstić information content (AvgIpc) is 2.43. The molecule has 3 nitrogen and oxygen atoms in total. The lowest BCUT2D eigenvalue weighted by atomic mass is 10.0. The van der Waals surface area contributed by atoms with Crippen molar-refractivity contribution in [3.05, 3.63) is 63.4 Å². The molecule has 21 heavy (non-hydrogen) atoms. The number of primary amides is 1. The lowest BCUT2D eigenvalue weighted by Gasteiger charge is -2.19. The van der Waals surface area contributed by atoms with Gasteiger partial charge in [-0.25, -0.2) is 4.39 Å². The van der Waals surface area contributed by atoms with E-state index in [-0.39, 0.29) is 11.9 Å². The largest absolute Gasteiger partial charge is 0.378 e. The molecule has 0 radical (unpaired) electrons. The summed E-state index contributed by atoms with van der Waals surface area (Å²) in [5.74, 6) is -0.744. The number of amides is 1. The molecule has 1 unspecified atom stereocenters. The molecular weight excluding hydrogens is 335 g/mol. The third-order valence-electron chi connectivity index (χ3n) is 3.41. The highest BCUT2D eigenvalue weighted by atomic mass is 79.9. The molecule has 2 aromatic rings. The van der Waals surface area contributed by atoms with Gasteiger partial charge >= 0.3 is 0 Å². The van der Waals surface area contributed by atoms with Gasteiger partial charge in [0, 0.05) is 17.3 Å². The number of nitrogens with two attached hydrogens (primary N) is 1. The van der Waals surface area contributed by atoms with Gasteiger partial charge < -0.3 is 11.1 Å². The fraction of sp³-hybridized carbons (Fsp3) is 0.188. The molecule has 0 heterocycles. The van der Waals surface area contributed by atoms with Crippen molar-refractivity contribution >= 4 is 27.5 Å². The summed E-state index contributed by atoms with van der Waals surface area (Å²) in [6, 6.07) is 10.2. The second kappa shape index (κ2) is 6.26. The van der Waals surface area contributed by atoms with Crippen molar-refractivity contribution in [2.75, 3.05) is 5.32 Å². The molecule has 2 aromatic carbocycles. The monoisotopic (exact) mass is 350 g/mol. The maximum Gasteiger partial charge on any atom is 0.249 e. The molecule has 0 aliphatic carbocycles. The number of hydrogen-bond donors (Lipinski definition) is 2. The van der Waals surface area contributed by atoms with E-state index in [2.05, 4.69) is 21.2 Å². The van der Waals surface area contributed by atoms with Crippen LogP contribution in [0.1, 0.15) is 34.5 Å². The number of rotatable bonds is 4. The van der Waals surface area contributed by atoms with Crippen molar-refractivity contribution in [2.45, 2.75) is 19.9 Å². The molecule has 0 bridgehead atoms. The van der Waals surface area contributed by atoms with Crippen LogP contribution in [0.3, 0.4) is 0 Å². The summed E-state index contributed by atoms with van der Waals surface area (Å²) >= 11 is 3.18. The van der Waals surface area contributed by atoms with Gasteiger partial charge in [0.1, 0.15) is 5.82 Å². The van der Waals surface area contributed by atoms with Crippen molar-refractivity contribution in [1.29, 1.82) is 0 Å². The van der Waals surface area contributed by atoms with Crippen LogP contribution in [0.5, 0.6) is 0 Å². The van der Waals surface area contributed by atoms with Crippen LogP contribution < -0.4 is 11.1 Å². The first-order valence-corrected chi connectivity index (χ1v) is 7.30. The topological polar surface area (TPSA) is 55.1 Å². The third kappa shape index (κ3) is 3.42. The van der Waals surface area contributed by atoms with E-state index < -0.39 is 5.91 Å². The van der Waals surface area contributed by atoms with Crippen molar-refractivity contribution in [3.63, 3.8) is 0 Å². The first kappa shape index (κ1) is 15.5. The second-order valence-corrected chi connectivity index (χ2v) is 5.74. The maximum absolute atomic E-state index is 13.3. The minimum absolute atomic E-state index is 0.0382. The summed E-state index contributed by atoms with van der Waals surface area (Å²) in [6.07, 6.45) is 0. The van der Waals surface area contributed by atoms with Crippen LogP contribution in [0.25, 0.3) is 0 Å². The van der Waals surface area contributed by atoms with Gasteiger partial charge in [-0.2, -0.15) is 0 Å². The highest BCUT2D eigenvalue weighted by Crippen LogP contribution is 2.26. The van der Waals surface area contributed by atoms with Gasteiger partial charge in [-0.1, -0.05) is 12.1 Å². The number of carbonyl (C=O) groups is 1. The molecule has 0 spiro atoms. The Bertz CT molecular complexity index is 688. The van der Waals surface area contributed by atoms with E-state index in [0.717, 1.165) is 16.8 Å². The summed E-state index contributed by atoms with van der Waals surface area (Å²) in [5.41, 5.74) is 8.41. The molecule has 1 atom stereocenters. The predicted octanol–water partition coefficient (Wildman–Crippen LogP) is 4.17. The summed E-state index contributed by atoms with van der Waals surface area (Å²) in [4.78, 5) is 11.4. The summed E-state index contributed by atoms with van der Waals surface area (Å²) in [5, 5.41) is 3.32. The Morgan fingerprint density at radius 2 is 2.05 bits per heavy atom. The smallest absolute Gasteiger partial charge is 0.249 e. The molecule has 1 amide bonds. The zero-order chi connectivity index (χ0) is 15.6. The van der Waals surface area contributed by atoms with Crippen LogP contribution in [-0.2, 0) is 0 Å². The maximum atomic E-state index is 13.3. The highest BCUT2D eigenvalue weighted by Gasteiger charge is 2.12. The van der Waals surface area contributed by atoms with E-state index in [4.69, 9.17) is 5.73 Å². The molecule has 0 aromatic heterocycles. The molecular formula is C16H16BrFN2O. The standard InChI is InChI=1S/C16H16BrFN2O/c1-9-12(16(19)21)4-3-5-15(9)20-10(2)11-6-7-14(18)13(17)8-11/h3-8,10,20H,1-2H3,(H2,19,21). The van der Waals surface area contributed by atoms with Gasteiger partial charge in [0.15, 0.2) is 0 Å². The van der Waals surface area contributed by atoms with Crippen LogP contribution in [0, 0.1) is 12.7 Å². The van der Waals surface area contributed by atoms with Crippen molar-refractivity contribution < 1.29 is 9.18 Å². The number of nitrogens with one attached hydrogen (secondary N) is 1. The lowest BCUT2D eigenvalue weighted by molar-refractivity contribution is 0.1000. The first-order chi connectivity index (χ1) is 9.90. The van der Waals surface area contributed by atoms with Crippen LogP contribution in [0.2, 0.25) is 0 Å². The molecule has 0 saturated carbocycles. The SMILES string of the molecule is Cc1c(NC(C)c2ccc(F)c(Br)c2)cccc1C(N)=O. The van der Waals surface area contributed by atoms with E-state index >= 15 is 0 Å². The fourth-order valence-corrected chi connectivity index (χ4v) is 2.55. The van der Waals surface area contributed by atoms with E-state index in [1.807, 2.05) is 19.9 Å². The molecule has 5 heteroatoms. The van der Waals surface area contributed by atoms with Crippen molar-refractivity contribution in [2.24, 2.45) is 5.73 Å². The number of anilines is 1. The van der Waals surface area contributed by atoms with E-state index in [0.29, 0.717) is 10.0 Å². The second-order valence-electron chi connectivity index (χ2n) is 4.88. The minimum atomic E-state index is -0.451. The van der Waals surface area contributed by atoms with Crippen LogP contribution >= 0.6 is 15.9 Å². The Morgan fingerprint density at radius 3 is 2.67 bits per heavy atom. The zero-order valence-corrected chi connectivity index (χ0v) is 13.4. The Labute approximate surface area is 131 Å². The first-order valence-electron chi connectivity index (χ1n) is 6.51. The van der Waals surface area contributed by atoms with Gasteiger partial charge in [0.2, 0.25) is 5.91 Å². The summed E-state index contributed by atoms with van der Waals surface area (Å²) in [7, 11) is 0. The quantitative estimate of drug-likeness (QED) is 0.869. The predicted molar refractivity (Wildman–Crippen MR) is 85.8 cm³/mol. The lowest BCUT2D eigenvalue weighted by Crippen LogP contribution is -2.15. The molecule has 110 valence electrons. The van der Waals surface area contributed by atoms with E-state index in [1.165, 1.54) is 6.07 Å². The van der Waals surface area contributed by atoms with Crippen molar-refractivity contribution in [3.8, 4) is 0 Å². The summed E-state index contributed by atoms with van der Waals surface area (Å²) < 4.78 is 13.7. The van der Waals surface area contributed by atoms with E-state index in [9.17, 15) is 9.18 Å². The Morgan fingerprint density at radius 1 is 1.33 bits per heavy atom. The number of benzene rings is 2. The zero-order valence-electron chi connectivity index (χ0n) is 11.8. The normalized spacial score (nSPS) is 12.0. The number of hydrogen-bond acceptors (Lipinski definition) is 2. The van der Waals surface area contributed by atoms with Gasteiger partial charge in [0.25, 0.3) is 0 Å². The molecule has 0 saturated heterocycles. The molecule has 0 fully saturated rings. The minimum Gasteiger partial charge on any atom is -0.378 e. The van der Waals surface area contributed by atoms with Crippen LogP contribution in [0.4, 0.5) is 10.1 Å². The number of halogens is 2. The Balaban J connectivity index is 2.27. The third-order valence-corrected chi connectivity index (χ3v) is 4.02.